The molecule has 1 saturated carbocycles. The fourth-order valence-corrected chi connectivity index (χ4v) is 2.69. The number of fused-ring (bicyclic) bond motifs is 2. The van der Waals surface area contributed by atoms with Crippen LogP contribution in [0.4, 0.5) is 0 Å². The smallest absolute Gasteiger partial charge is 0.255 e. The molecule has 0 atom stereocenters. The first kappa shape index (κ1) is 11.8. The summed E-state index contributed by atoms with van der Waals surface area (Å²) in [5, 5.41) is 15.1. The second kappa shape index (κ2) is 3.85. The lowest BCUT2D eigenvalue weighted by molar-refractivity contribution is -0.135. The van der Waals surface area contributed by atoms with Crippen LogP contribution in [0.25, 0.3) is 0 Å². The van der Waals surface area contributed by atoms with Crippen molar-refractivity contribution in [2.45, 2.75) is 18.4 Å². The number of rotatable bonds is 2. The minimum Gasteiger partial charge on any atom is -0.507 e. The molecule has 1 aliphatic carbocycles. The van der Waals surface area contributed by atoms with Crippen LogP contribution in [-0.2, 0) is 4.79 Å². The van der Waals surface area contributed by atoms with Gasteiger partial charge in [0, 0.05) is 11.6 Å². The Labute approximate surface area is 110 Å². The highest BCUT2D eigenvalue weighted by Gasteiger charge is 2.56. The monoisotopic (exact) mass is 258 g/mol. The maximum Gasteiger partial charge on any atom is 0.255 e. The van der Waals surface area contributed by atoms with Crippen molar-refractivity contribution in [1.29, 1.82) is 0 Å². The minimum absolute atomic E-state index is 0.0899. The Bertz CT molecular complexity index is 588. The predicted molar refractivity (Wildman–Crippen MR) is 68.3 cm³/mol. The van der Waals surface area contributed by atoms with Crippen LogP contribution in [-0.4, -0.2) is 22.5 Å². The molecule has 5 heteroatoms. The van der Waals surface area contributed by atoms with Gasteiger partial charge in [-0.1, -0.05) is 18.7 Å². The fraction of sp³-hybridized carbons (Fsp3) is 0.286. The van der Waals surface area contributed by atoms with Gasteiger partial charge in [0.2, 0.25) is 5.91 Å². The van der Waals surface area contributed by atoms with Gasteiger partial charge in [-0.2, -0.15) is 0 Å². The molecule has 0 radical (unpaired) electrons. The van der Waals surface area contributed by atoms with E-state index in [4.69, 9.17) is 0 Å². The third-order valence-corrected chi connectivity index (χ3v) is 3.89. The second-order valence-electron chi connectivity index (χ2n) is 5.14. The molecule has 3 fully saturated rings. The van der Waals surface area contributed by atoms with Gasteiger partial charge >= 0.3 is 0 Å². The fourth-order valence-electron chi connectivity index (χ4n) is 2.69. The average Bonchev–Trinajstić information content (AvgIpc) is 2.31. The van der Waals surface area contributed by atoms with Crippen molar-refractivity contribution in [3.63, 3.8) is 0 Å². The van der Waals surface area contributed by atoms with Crippen LogP contribution in [0.15, 0.2) is 36.5 Å². The predicted octanol–water partition coefficient (Wildman–Crippen LogP) is 0.914. The van der Waals surface area contributed by atoms with E-state index in [0.717, 1.165) is 5.70 Å². The standard InChI is InChI=1S/C14H14N2O3/c1-8-9-6-14(7-9,13(19)15-8)16-12(18)10-4-2-3-5-11(10)17/h2-5,9,17H,1,6-7H2,(H,15,19)(H,16,18). The van der Waals surface area contributed by atoms with Crippen molar-refractivity contribution < 1.29 is 14.7 Å². The van der Waals surface area contributed by atoms with Gasteiger partial charge in [-0.3, -0.25) is 9.59 Å². The molecule has 5 nitrogen and oxygen atoms in total. The third kappa shape index (κ3) is 1.69. The quantitative estimate of drug-likeness (QED) is 0.738. The molecule has 2 aliphatic heterocycles. The molecule has 2 saturated heterocycles. The van der Waals surface area contributed by atoms with E-state index in [1.807, 2.05) is 0 Å². The van der Waals surface area contributed by atoms with E-state index in [0.29, 0.717) is 12.8 Å². The number of phenolic OH excluding ortho intramolecular Hbond substituents is 1. The zero-order valence-electron chi connectivity index (χ0n) is 10.3. The average molecular weight is 258 g/mol. The number of hydrogen-bond donors (Lipinski definition) is 3. The highest BCUT2D eigenvalue weighted by molar-refractivity contribution is 6.02. The molecule has 2 heterocycles. The highest BCUT2D eigenvalue weighted by Crippen LogP contribution is 2.45. The zero-order valence-corrected chi connectivity index (χ0v) is 10.3. The summed E-state index contributed by atoms with van der Waals surface area (Å²) in [6.07, 6.45) is 1.16. The molecule has 2 amide bonds. The van der Waals surface area contributed by atoms with Gasteiger partial charge in [0.25, 0.3) is 5.91 Å². The van der Waals surface area contributed by atoms with Gasteiger partial charge in [-0.25, -0.2) is 0 Å². The van der Waals surface area contributed by atoms with E-state index in [2.05, 4.69) is 17.2 Å². The third-order valence-electron chi connectivity index (χ3n) is 3.89. The number of para-hydroxylation sites is 1. The zero-order chi connectivity index (χ0) is 13.6. The van der Waals surface area contributed by atoms with E-state index in [1.165, 1.54) is 12.1 Å². The lowest BCUT2D eigenvalue weighted by Gasteiger charge is -2.51. The first-order valence-corrected chi connectivity index (χ1v) is 6.13. The van der Waals surface area contributed by atoms with Gasteiger partial charge in [0.15, 0.2) is 0 Å². The molecular formula is C14H14N2O3. The SMILES string of the molecule is C=C1NC(=O)C2(NC(=O)c3ccccc3O)CC1C2. The summed E-state index contributed by atoms with van der Waals surface area (Å²) < 4.78 is 0. The molecule has 19 heavy (non-hydrogen) atoms. The summed E-state index contributed by atoms with van der Waals surface area (Å²) in [5.41, 5.74) is 0.0619. The van der Waals surface area contributed by atoms with Crippen molar-refractivity contribution in [2.75, 3.05) is 0 Å². The van der Waals surface area contributed by atoms with Gasteiger partial charge in [-0.15, -0.1) is 0 Å². The Morgan fingerprint density at radius 2 is 2.11 bits per heavy atom. The van der Waals surface area contributed by atoms with E-state index in [1.54, 1.807) is 12.1 Å². The summed E-state index contributed by atoms with van der Waals surface area (Å²) >= 11 is 0. The Kier molecular flexibility index (Phi) is 2.38. The topological polar surface area (TPSA) is 78.4 Å². The molecule has 1 aromatic rings. The molecule has 0 spiro atoms. The van der Waals surface area contributed by atoms with Crippen LogP contribution >= 0.6 is 0 Å². The van der Waals surface area contributed by atoms with Crippen LogP contribution in [0, 0.1) is 5.92 Å². The molecule has 98 valence electrons. The molecule has 0 unspecified atom stereocenters. The van der Waals surface area contributed by atoms with E-state index in [-0.39, 0.29) is 23.1 Å². The summed E-state index contributed by atoms with van der Waals surface area (Å²) in [6, 6.07) is 6.27. The van der Waals surface area contributed by atoms with Crippen molar-refractivity contribution >= 4 is 11.8 Å². The number of aromatic hydroxyl groups is 1. The summed E-state index contributed by atoms with van der Waals surface area (Å²) in [7, 11) is 0. The van der Waals surface area contributed by atoms with Crippen molar-refractivity contribution in [3.8, 4) is 5.75 Å². The van der Waals surface area contributed by atoms with Crippen LogP contribution in [0.3, 0.4) is 0 Å². The van der Waals surface area contributed by atoms with Gasteiger partial charge < -0.3 is 15.7 Å². The second-order valence-corrected chi connectivity index (χ2v) is 5.14. The Hall–Kier alpha value is -2.30. The molecule has 2 bridgehead atoms. The number of benzene rings is 1. The first-order valence-electron chi connectivity index (χ1n) is 6.13. The van der Waals surface area contributed by atoms with Gasteiger partial charge in [-0.05, 0) is 25.0 Å². The van der Waals surface area contributed by atoms with Crippen LogP contribution < -0.4 is 10.6 Å². The number of carbonyl (C=O) groups is 2. The molecule has 3 N–H and O–H groups in total. The van der Waals surface area contributed by atoms with Crippen LogP contribution in [0.5, 0.6) is 5.75 Å². The molecule has 4 rings (SSSR count). The number of allylic oxidation sites excluding steroid dienone is 1. The summed E-state index contributed by atoms with van der Waals surface area (Å²) in [6.45, 7) is 3.78. The van der Waals surface area contributed by atoms with Gasteiger partial charge in [0.1, 0.15) is 11.3 Å². The first-order chi connectivity index (χ1) is 9.02. The molecular weight excluding hydrogens is 244 g/mol. The van der Waals surface area contributed by atoms with Crippen LogP contribution in [0.1, 0.15) is 23.2 Å². The summed E-state index contributed by atoms with van der Waals surface area (Å²) in [4.78, 5) is 24.1. The molecule has 1 aromatic carbocycles. The number of carbonyl (C=O) groups excluding carboxylic acids is 2. The van der Waals surface area contributed by atoms with E-state index in [9.17, 15) is 14.7 Å². The van der Waals surface area contributed by atoms with E-state index < -0.39 is 11.4 Å². The Morgan fingerprint density at radius 1 is 1.42 bits per heavy atom. The van der Waals surface area contributed by atoms with Crippen molar-refractivity contribution in [3.05, 3.63) is 42.1 Å². The molecule has 3 aliphatic rings. The largest absolute Gasteiger partial charge is 0.507 e. The Balaban J connectivity index is 1.80. The van der Waals surface area contributed by atoms with Crippen molar-refractivity contribution in [1.82, 2.24) is 10.6 Å². The molecule has 0 aromatic heterocycles. The number of amides is 2. The number of hydrogen-bond acceptors (Lipinski definition) is 3. The van der Waals surface area contributed by atoms with Crippen molar-refractivity contribution in [2.24, 2.45) is 5.92 Å². The lowest BCUT2D eigenvalue weighted by Crippen LogP contribution is -2.70. The minimum atomic E-state index is -0.842. The van der Waals surface area contributed by atoms with E-state index >= 15 is 0 Å². The number of phenols is 1. The number of nitrogens with one attached hydrogen (secondary N) is 2. The lowest BCUT2D eigenvalue weighted by atomic mass is 9.63. The highest BCUT2D eigenvalue weighted by atomic mass is 16.3. The maximum absolute atomic E-state index is 12.1. The van der Waals surface area contributed by atoms with Gasteiger partial charge in [0.05, 0.1) is 5.56 Å². The summed E-state index contributed by atoms with van der Waals surface area (Å²) in [5.74, 6) is -0.502. The normalized spacial score (nSPS) is 28.3. The maximum atomic E-state index is 12.1. The van der Waals surface area contributed by atoms with Crippen LogP contribution in [0.2, 0.25) is 0 Å². The Morgan fingerprint density at radius 3 is 2.74 bits per heavy atom. The number of piperidine rings is 2.